The van der Waals surface area contributed by atoms with Gasteiger partial charge in [0.1, 0.15) is 28.5 Å². The lowest BCUT2D eigenvalue weighted by molar-refractivity contribution is -0.138. The molecule has 0 saturated carbocycles. The third-order valence-electron chi connectivity index (χ3n) is 8.90. The Morgan fingerprint density at radius 3 is 1.48 bits per heavy atom. The Labute approximate surface area is 309 Å². The van der Waals surface area contributed by atoms with Crippen LogP contribution >= 0.6 is 0 Å². The summed E-state index contributed by atoms with van der Waals surface area (Å²) in [6, 6.07) is 17.3. The number of ether oxygens (including phenoxy) is 9. The molecule has 4 atom stereocenters. The van der Waals surface area contributed by atoms with E-state index in [9.17, 15) is 28.8 Å². The number of carbonyl (C=O) groups excluding carboxylic acids is 6. The zero-order valence-electron chi connectivity index (χ0n) is 29.7. The number of rotatable bonds is 14. The molecule has 0 aromatic heterocycles. The summed E-state index contributed by atoms with van der Waals surface area (Å²) in [5.41, 5.74) is -1.70. The van der Waals surface area contributed by atoms with E-state index in [1.807, 2.05) is 0 Å². The van der Waals surface area contributed by atoms with Gasteiger partial charge in [0.15, 0.2) is 12.2 Å². The van der Waals surface area contributed by atoms with Crippen LogP contribution in [0, 0.1) is 0 Å². The highest BCUT2D eigenvalue weighted by atomic mass is 16.7. The van der Waals surface area contributed by atoms with Crippen LogP contribution in [0.4, 0.5) is 4.79 Å². The minimum atomic E-state index is -1.15. The van der Waals surface area contributed by atoms with E-state index < -0.39 is 59.4 Å². The van der Waals surface area contributed by atoms with Crippen molar-refractivity contribution in [1.29, 1.82) is 0 Å². The van der Waals surface area contributed by atoms with E-state index in [2.05, 4.69) is 6.58 Å². The standard InChI is InChI=1S/C39H38O15/c1-5-33(41)46-20-6-7-21-47-37(45)52-30-18-12-25(13-19-30)34(42)51-29-16-10-27(11-17-29)36(44)54-32-23-49-38(3)31(22-48-39(32,38)4)53-35(43)26-8-14-28(15-9-26)50-24(2)40/h5,8-19,31-32H,1,6-7,20-23H2,2-4H3. The maximum Gasteiger partial charge on any atom is 0.513 e. The number of fused-ring (bicyclic) bond motifs is 1. The quantitative estimate of drug-likeness (QED) is 0.0524. The lowest BCUT2D eigenvalue weighted by Gasteiger charge is -2.36. The molecule has 2 aliphatic rings. The summed E-state index contributed by atoms with van der Waals surface area (Å²) >= 11 is 0. The first-order valence-electron chi connectivity index (χ1n) is 16.9. The molecule has 2 heterocycles. The van der Waals surface area contributed by atoms with E-state index >= 15 is 0 Å². The van der Waals surface area contributed by atoms with Crippen molar-refractivity contribution in [3.63, 3.8) is 0 Å². The van der Waals surface area contributed by atoms with E-state index in [0.717, 1.165) is 6.08 Å². The first kappa shape index (κ1) is 39.2. The highest BCUT2D eigenvalue weighted by molar-refractivity contribution is 5.92. The van der Waals surface area contributed by atoms with E-state index in [-0.39, 0.29) is 60.4 Å². The molecular formula is C39H38O15. The molecule has 15 heteroatoms. The number of unbranched alkanes of at least 4 members (excludes halogenated alkanes) is 1. The van der Waals surface area contributed by atoms with Crippen LogP contribution in [0.5, 0.6) is 17.2 Å². The van der Waals surface area contributed by atoms with Crippen molar-refractivity contribution in [3.05, 3.63) is 102 Å². The molecule has 3 aromatic carbocycles. The van der Waals surface area contributed by atoms with Crippen LogP contribution in [-0.2, 0) is 38.0 Å². The van der Waals surface area contributed by atoms with E-state index in [1.54, 1.807) is 13.8 Å². The van der Waals surface area contributed by atoms with Gasteiger partial charge in [-0.2, -0.15) is 0 Å². The van der Waals surface area contributed by atoms with Crippen LogP contribution in [0.3, 0.4) is 0 Å². The first-order chi connectivity index (χ1) is 25.8. The van der Waals surface area contributed by atoms with Gasteiger partial charge in [-0.15, -0.1) is 0 Å². The average molecular weight is 747 g/mol. The maximum absolute atomic E-state index is 13.1. The fourth-order valence-electron chi connectivity index (χ4n) is 5.64. The molecule has 2 fully saturated rings. The second kappa shape index (κ2) is 17.2. The third kappa shape index (κ3) is 9.29. The molecule has 2 saturated heterocycles. The van der Waals surface area contributed by atoms with Gasteiger partial charge in [0.05, 0.1) is 43.1 Å². The van der Waals surface area contributed by atoms with Gasteiger partial charge in [-0.1, -0.05) is 6.58 Å². The number of carbonyl (C=O) groups is 6. The number of hydrogen-bond acceptors (Lipinski definition) is 15. The second-order valence-corrected chi connectivity index (χ2v) is 12.5. The van der Waals surface area contributed by atoms with Crippen LogP contribution in [0.1, 0.15) is 64.7 Å². The SMILES string of the molecule is C=CC(=O)OCCCCOC(=O)Oc1ccc(C(=O)Oc2ccc(C(=O)OC3COC4(C)C(OC(=O)c5ccc(OC(C)=O)cc5)COC34C)cc2)cc1. The molecular weight excluding hydrogens is 708 g/mol. The van der Waals surface area contributed by atoms with Crippen molar-refractivity contribution >= 4 is 36.0 Å². The molecule has 0 aliphatic carbocycles. The Morgan fingerprint density at radius 2 is 1.04 bits per heavy atom. The number of esters is 5. The maximum atomic E-state index is 13.1. The van der Waals surface area contributed by atoms with Gasteiger partial charge in [-0.05, 0) is 99.5 Å². The summed E-state index contributed by atoms with van der Waals surface area (Å²) in [7, 11) is 0. The minimum absolute atomic E-state index is 0.000112. The fraction of sp³-hybridized carbons (Fsp3) is 0.333. The summed E-state index contributed by atoms with van der Waals surface area (Å²) in [4.78, 5) is 72.9. The van der Waals surface area contributed by atoms with Crippen molar-refractivity contribution in [2.75, 3.05) is 26.4 Å². The minimum Gasteiger partial charge on any atom is -0.463 e. The Hall–Kier alpha value is -6.06. The summed E-state index contributed by atoms with van der Waals surface area (Å²) < 4.78 is 49.0. The highest BCUT2D eigenvalue weighted by Crippen LogP contribution is 2.48. The molecule has 5 rings (SSSR count). The van der Waals surface area contributed by atoms with E-state index in [4.69, 9.17) is 42.6 Å². The van der Waals surface area contributed by atoms with E-state index in [1.165, 1.54) is 79.7 Å². The van der Waals surface area contributed by atoms with Gasteiger partial charge >= 0.3 is 36.0 Å². The lowest BCUT2D eigenvalue weighted by Crippen LogP contribution is -2.55. The fourth-order valence-corrected chi connectivity index (χ4v) is 5.64. The molecule has 0 amide bonds. The largest absolute Gasteiger partial charge is 0.513 e. The summed E-state index contributed by atoms with van der Waals surface area (Å²) in [5.74, 6) is -2.42. The molecule has 0 bridgehead atoms. The van der Waals surface area contributed by atoms with Gasteiger partial charge in [0.2, 0.25) is 0 Å². The Bertz CT molecular complexity index is 1870. The molecule has 0 spiro atoms. The normalized spacial score (nSPS) is 21.2. The Kier molecular flexibility index (Phi) is 12.5. The molecule has 0 N–H and O–H groups in total. The Balaban J connectivity index is 1.08. The molecule has 4 unspecified atom stereocenters. The molecule has 54 heavy (non-hydrogen) atoms. The number of hydrogen-bond donors (Lipinski definition) is 0. The Morgan fingerprint density at radius 1 is 0.630 bits per heavy atom. The number of benzene rings is 3. The van der Waals surface area contributed by atoms with Crippen LogP contribution < -0.4 is 14.2 Å². The van der Waals surface area contributed by atoms with Crippen LogP contribution in [0.25, 0.3) is 0 Å². The van der Waals surface area contributed by atoms with Crippen LogP contribution in [-0.4, -0.2) is 85.8 Å². The van der Waals surface area contributed by atoms with E-state index in [0.29, 0.717) is 12.8 Å². The summed E-state index contributed by atoms with van der Waals surface area (Å²) in [5, 5.41) is 0. The predicted octanol–water partition coefficient (Wildman–Crippen LogP) is 5.18. The molecule has 3 aromatic rings. The molecule has 0 radical (unpaired) electrons. The zero-order valence-corrected chi connectivity index (χ0v) is 29.7. The summed E-state index contributed by atoms with van der Waals surface area (Å²) in [6.45, 7) is 8.25. The second-order valence-electron chi connectivity index (χ2n) is 12.5. The predicted molar refractivity (Wildman–Crippen MR) is 185 cm³/mol. The van der Waals surface area contributed by atoms with Gasteiger partial charge in [0, 0.05) is 13.0 Å². The van der Waals surface area contributed by atoms with Crippen molar-refractivity contribution in [2.24, 2.45) is 0 Å². The van der Waals surface area contributed by atoms with Gasteiger partial charge in [-0.25, -0.2) is 24.0 Å². The van der Waals surface area contributed by atoms with Gasteiger partial charge in [-0.3, -0.25) is 4.79 Å². The van der Waals surface area contributed by atoms with Crippen molar-refractivity contribution in [2.45, 2.75) is 57.0 Å². The average Bonchev–Trinajstić information content (AvgIpc) is 3.55. The van der Waals surface area contributed by atoms with Crippen LogP contribution in [0.15, 0.2) is 85.5 Å². The van der Waals surface area contributed by atoms with Crippen LogP contribution in [0.2, 0.25) is 0 Å². The molecule has 284 valence electrons. The smallest absolute Gasteiger partial charge is 0.463 e. The van der Waals surface area contributed by atoms with Crippen molar-refractivity contribution in [1.82, 2.24) is 0 Å². The lowest BCUT2D eigenvalue weighted by atomic mass is 9.82. The highest BCUT2D eigenvalue weighted by Gasteiger charge is 2.68. The zero-order chi connectivity index (χ0) is 38.9. The van der Waals surface area contributed by atoms with Crippen molar-refractivity contribution < 1.29 is 71.4 Å². The first-order valence-corrected chi connectivity index (χ1v) is 16.9. The molecule has 15 nitrogen and oxygen atoms in total. The van der Waals surface area contributed by atoms with Gasteiger partial charge < -0.3 is 42.6 Å². The third-order valence-corrected chi connectivity index (χ3v) is 8.90. The summed E-state index contributed by atoms with van der Waals surface area (Å²) in [6.07, 6.45) is -0.578. The van der Waals surface area contributed by atoms with Crippen molar-refractivity contribution in [3.8, 4) is 17.2 Å². The monoisotopic (exact) mass is 746 g/mol. The molecule has 2 aliphatic heterocycles. The topological polar surface area (TPSA) is 185 Å². The van der Waals surface area contributed by atoms with Gasteiger partial charge in [0.25, 0.3) is 0 Å².